The molecule has 0 unspecified atom stereocenters. The molecule has 0 saturated carbocycles. The van der Waals surface area contributed by atoms with Gasteiger partial charge in [0.25, 0.3) is 5.91 Å². The van der Waals surface area contributed by atoms with Crippen molar-refractivity contribution in [3.63, 3.8) is 0 Å². The molecule has 134 valence electrons. The number of aryl methyl sites for hydroxylation is 1. The Balaban J connectivity index is 2.05. The van der Waals surface area contributed by atoms with Gasteiger partial charge in [-0.3, -0.25) is 14.7 Å². The molecule has 26 heavy (non-hydrogen) atoms. The smallest absolute Gasteiger partial charge is 0.271 e. The zero-order valence-corrected chi connectivity index (χ0v) is 16.1. The Morgan fingerprint density at radius 2 is 2.00 bits per heavy atom. The van der Waals surface area contributed by atoms with Gasteiger partial charge in [-0.15, -0.1) is 0 Å². The van der Waals surface area contributed by atoms with Crippen LogP contribution in [0.2, 0.25) is 5.02 Å². The maximum Gasteiger partial charge on any atom is 0.271 e. The van der Waals surface area contributed by atoms with Gasteiger partial charge in [-0.1, -0.05) is 48.9 Å². The maximum atomic E-state index is 13.1. The zero-order chi connectivity index (χ0) is 18.7. The van der Waals surface area contributed by atoms with E-state index < -0.39 is 0 Å². The van der Waals surface area contributed by atoms with Crippen molar-refractivity contribution >= 4 is 46.2 Å². The van der Waals surface area contributed by atoms with Crippen molar-refractivity contribution in [2.24, 2.45) is 4.99 Å². The van der Waals surface area contributed by atoms with E-state index in [1.807, 2.05) is 38.1 Å². The van der Waals surface area contributed by atoms with Gasteiger partial charge >= 0.3 is 0 Å². The van der Waals surface area contributed by atoms with Crippen LogP contribution >= 0.6 is 23.4 Å². The highest BCUT2D eigenvalue weighted by Gasteiger charge is 2.35. The number of rotatable bonds is 4. The minimum atomic E-state index is -0.154. The SMILES string of the molecule is CCCN=C1S/C(=C\c2cccc(Cl)c2O)C(=O)N1c1ccccc1C. The van der Waals surface area contributed by atoms with Gasteiger partial charge in [0.1, 0.15) is 5.75 Å². The van der Waals surface area contributed by atoms with Crippen molar-refractivity contribution < 1.29 is 9.90 Å². The minimum Gasteiger partial charge on any atom is -0.506 e. The molecule has 1 aliphatic heterocycles. The van der Waals surface area contributed by atoms with Crippen LogP contribution in [0, 0.1) is 6.92 Å². The molecule has 1 fully saturated rings. The molecule has 0 bridgehead atoms. The number of hydrogen-bond donors (Lipinski definition) is 1. The molecule has 1 amide bonds. The first-order valence-electron chi connectivity index (χ1n) is 8.34. The summed E-state index contributed by atoms with van der Waals surface area (Å²) in [5.41, 5.74) is 2.32. The third-order valence-electron chi connectivity index (χ3n) is 3.94. The Hall–Kier alpha value is -2.24. The second-order valence-corrected chi connectivity index (χ2v) is 7.30. The number of thioether (sulfide) groups is 1. The molecule has 2 aromatic rings. The van der Waals surface area contributed by atoms with E-state index in [0.29, 0.717) is 22.2 Å². The molecular formula is C20H19ClN2O2S. The Kier molecular flexibility index (Phi) is 5.69. The van der Waals surface area contributed by atoms with Crippen LogP contribution in [0.5, 0.6) is 5.75 Å². The van der Waals surface area contributed by atoms with Gasteiger partial charge in [0.2, 0.25) is 0 Å². The first-order chi connectivity index (χ1) is 12.5. The average molecular weight is 387 g/mol. The molecule has 1 aliphatic rings. The summed E-state index contributed by atoms with van der Waals surface area (Å²) in [6, 6.07) is 12.8. The molecular weight excluding hydrogens is 368 g/mol. The second kappa shape index (κ2) is 7.98. The van der Waals surface area contributed by atoms with E-state index in [9.17, 15) is 9.90 Å². The van der Waals surface area contributed by atoms with Gasteiger partial charge in [0.05, 0.1) is 15.6 Å². The van der Waals surface area contributed by atoms with Gasteiger partial charge in [0.15, 0.2) is 5.17 Å². The van der Waals surface area contributed by atoms with Gasteiger partial charge < -0.3 is 5.11 Å². The number of amides is 1. The van der Waals surface area contributed by atoms with Crippen LogP contribution in [0.1, 0.15) is 24.5 Å². The number of benzene rings is 2. The summed E-state index contributed by atoms with van der Waals surface area (Å²) < 4.78 is 0. The average Bonchev–Trinajstić information content (AvgIpc) is 2.93. The van der Waals surface area contributed by atoms with Crippen LogP contribution in [0.3, 0.4) is 0 Å². The van der Waals surface area contributed by atoms with E-state index in [2.05, 4.69) is 4.99 Å². The van der Waals surface area contributed by atoms with E-state index in [1.165, 1.54) is 11.8 Å². The number of anilines is 1. The number of halogens is 1. The third-order valence-corrected chi connectivity index (χ3v) is 5.25. The monoisotopic (exact) mass is 386 g/mol. The topological polar surface area (TPSA) is 52.9 Å². The number of nitrogens with zero attached hydrogens (tertiary/aromatic N) is 2. The summed E-state index contributed by atoms with van der Waals surface area (Å²) >= 11 is 7.29. The number of carbonyl (C=O) groups is 1. The number of aromatic hydroxyl groups is 1. The number of hydrogen-bond acceptors (Lipinski definition) is 4. The number of para-hydroxylation sites is 2. The van der Waals surface area contributed by atoms with Crippen molar-refractivity contribution in [3.8, 4) is 5.75 Å². The van der Waals surface area contributed by atoms with Crippen LogP contribution in [-0.4, -0.2) is 22.7 Å². The van der Waals surface area contributed by atoms with E-state index >= 15 is 0 Å². The second-order valence-electron chi connectivity index (χ2n) is 5.88. The Morgan fingerprint density at radius 3 is 2.73 bits per heavy atom. The minimum absolute atomic E-state index is 0.0311. The molecule has 0 atom stereocenters. The first kappa shape index (κ1) is 18.5. The van der Waals surface area contributed by atoms with E-state index in [1.54, 1.807) is 29.2 Å². The van der Waals surface area contributed by atoms with Crippen LogP contribution in [0.25, 0.3) is 6.08 Å². The maximum absolute atomic E-state index is 13.1. The Morgan fingerprint density at radius 1 is 1.23 bits per heavy atom. The van der Waals surface area contributed by atoms with Gasteiger partial charge in [-0.25, -0.2) is 0 Å². The molecule has 0 spiro atoms. The van der Waals surface area contributed by atoms with Crippen molar-refractivity contribution in [2.45, 2.75) is 20.3 Å². The number of amidine groups is 1. The van der Waals surface area contributed by atoms with Crippen LogP contribution in [0.15, 0.2) is 52.4 Å². The fraction of sp³-hybridized carbons (Fsp3) is 0.200. The lowest BCUT2D eigenvalue weighted by atomic mass is 10.1. The van der Waals surface area contributed by atoms with E-state index in [-0.39, 0.29) is 16.7 Å². The highest BCUT2D eigenvalue weighted by atomic mass is 35.5. The molecule has 0 aliphatic carbocycles. The Labute approximate surface area is 162 Å². The quantitative estimate of drug-likeness (QED) is 0.731. The van der Waals surface area contributed by atoms with E-state index in [4.69, 9.17) is 11.6 Å². The van der Waals surface area contributed by atoms with Crippen molar-refractivity contribution in [3.05, 3.63) is 63.5 Å². The number of carbonyl (C=O) groups excluding carboxylic acids is 1. The van der Waals surface area contributed by atoms with Gasteiger partial charge in [-0.05, 0) is 48.9 Å². The van der Waals surface area contributed by atoms with Crippen LogP contribution < -0.4 is 4.90 Å². The lowest BCUT2D eigenvalue weighted by Gasteiger charge is -2.18. The fourth-order valence-corrected chi connectivity index (χ4v) is 3.77. The van der Waals surface area contributed by atoms with Crippen molar-refractivity contribution in [1.82, 2.24) is 0 Å². The highest BCUT2D eigenvalue weighted by Crippen LogP contribution is 2.39. The molecule has 4 nitrogen and oxygen atoms in total. The fourth-order valence-electron chi connectivity index (χ4n) is 2.60. The largest absolute Gasteiger partial charge is 0.506 e. The molecule has 1 N–H and O–H groups in total. The summed E-state index contributed by atoms with van der Waals surface area (Å²) in [4.78, 5) is 19.8. The van der Waals surface area contributed by atoms with Gasteiger partial charge in [-0.2, -0.15) is 0 Å². The summed E-state index contributed by atoms with van der Waals surface area (Å²) in [6.07, 6.45) is 2.56. The lowest BCUT2D eigenvalue weighted by Crippen LogP contribution is -2.29. The third kappa shape index (κ3) is 3.64. The van der Waals surface area contributed by atoms with Crippen molar-refractivity contribution in [1.29, 1.82) is 0 Å². The van der Waals surface area contributed by atoms with E-state index in [0.717, 1.165) is 17.7 Å². The predicted molar refractivity (Wildman–Crippen MR) is 110 cm³/mol. The normalized spacial score (nSPS) is 17.5. The molecule has 2 aromatic carbocycles. The Bertz CT molecular complexity index is 908. The summed E-state index contributed by atoms with van der Waals surface area (Å²) in [5, 5.41) is 11.0. The van der Waals surface area contributed by atoms with Crippen molar-refractivity contribution in [2.75, 3.05) is 11.4 Å². The van der Waals surface area contributed by atoms with Crippen LogP contribution in [-0.2, 0) is 4.79 Å². The first-order valence-corrected chi connectivity index (χ1v) is 9.54. The van der Waals surface area contributed by atoms with Gasteiger partial charge in [0, 0.05) is 12.1 Å². The molecule has 1 heterocycles. The highest BCUT2D eigenvalue weighted by molar-refractivity contribution is 8.19. The standard InChI is InChI=1S/C20H19ClN2O2S/c1-3-11-22-20-23(16-10-5-4-7-13(16)2)19(25)17(26-20)12-14-8-6-9-15(21)18(14)24/h4-10,12,24H,3,11H2,1-2H3/b17-12-,22-20?. The number of phenolic OH excluding ortho intramolecular Hbond substituents is 1. The molecule has 0 radical (unpaired) electrons. The molecule has 6 heteroatoms. The molecule has 1 saturated heterocycles. The summed E-state index contributed by atoms with van der Waals surface area (Å²) in [7, 11) is 0. The summed E-state index contributed by atoms with van der Waals surface area (Å²) in [6.45, 7) is 4.66. The molecule has 3 rings (SSSR count). The number of aliphatic imine (C=N–C) groups is 1. The van der Waals surface area contributed by atoms with Crippen LogP contribution in [0.4, 0.5) is 5.69 Å². The predicted octanol–water partition coefficient (Wildman–Crippen LogP) is 5.24. The zero-order valence-electron chi connectivity index (χ0n) is 14.6. The number of phenols is 1. The summed E-state index contributed by atoms with van der Waals surface area (Å²) in [5.74, 6) is -0.185. The molecule has 0 aromatic heterocycles. The lowest BCUT2D eigenvalue weighted by molar-refractivity contribution is -0.113.